The first-order valence-corrected chi connectivity index (χ1v) is 8.29. The molecule has 138 valence electrons. The normalized spacial score (nSPS) is 10.1. The fourth-order valence-electron chi connectivity index (χ4n) is 2.28. The van der Waals surface area contributed by atoms with Crippen LogP contribution in [0.4, 0.5) is 5.69 Å². The molecule has 3 N–H and O–H groups in total. The molecule has 6 nitrogen and oxygen atoms in total. The number of allylic oxidation sites excluding steroid dienone is 1. The second-order valence-corrected chi connectivity index (χ2v) is 5.48. The molecule has 0 unspecified atom stereocenters. The van der Waals surface area contributed by atoms with Gasteiger partial charge in [0.15, 0.2) is 18.1 Å². The van der Waals surface area contributed by atoms with Gasteiger partial charge < -0.3 is 25.3 Å². The molecule has 0 bridgehead atoms. The summed E-state index contributed by atoms with van der Waals surface area (Å²) in [4.78, 5) is 12.1. The first kappa shape index (κ1) is 19.3. The highest BCUT2D eigenvalue weighted by molar-refractivity contribution is 5.91. The van der Waals surface area contributed by atoms with E-state index >= 15 is 0 Å². The zero-order valence-corrected chi connectivity index (χ0v) is 14.9. The number of nitrogens with one attached hydrogen (secondary N) is 1. The van der Waals surface area contributed by atoms with E-state index < -0.39 is 0 Å². The number of ether oxygens (including phenoxy) is 3. The molecule has 0 aliphatic carbocycles. The van der Waals surface area contributed by atoms with Gasteiger partial charge in [-0.25, -0.2) is 0 Å². The second-order valence-electron chi connectivity index (χ2n) is 5.48. The van der Waals surface area contributed by atoms with E-state index in [1.165, 1.54) is 0 Å². The number of rotatable bonds is 10. The number of anilines is 1. The van der Waals surface area contributed by atoms with Crippen LogP contribution in [0.15, 0.2) is 55.1 Å². The Morgan fingerprint density at radius 3 is 2.58 bits per heavy atom. The Bertz CT molecular complexity index is 729. The molecule has 2 aromatic carbocycles. The third kappa shape index (κ3) is 5.82. The second kappa shape index (κ2) is 10.1. The maximum atomic E-state index is 12.1. The summed E-state index contributed by atoms with van der Waals surface area (Å²) in [5.74, 6) is 1.53. The average molecular weight is 356 g/mol. The minimum absolute atomic E-state index is 0.122. The van der Waals surface area contributed by atoms with Crippen LogP contribution >= 0.6 is 0 Å². The highest BCUT2D eigenvalue weighted by Gasteiger charge is 2.09. The molecule has 26 heavy (non-hydrogen) atoms. The van der Waals surface area contributed by atoms with Crippen molar-refractivity contribution >= 4 is 11.6 Å². The predicted octanol–water partition coefficient (Wildman–Crippen LogP) is 2.78. The van der Waals surface area contributed by atoms with Gasteiger partial charge in [-0.1, -0.05) is 12.1 Å². The first-order chi connectivity index (χ1) is 12.7. The summed E-state index contributed by atoms with van der Waals surface area (Å²) < 4.78 is 16.3. The minimum Gasteiger partial charge on any atom is -0.493 e. The molecule has 0 aliphatic rings. The minimum atomic E-state index is -0.266. The van der Waals surface area contributed by atoms with Crippen LogP contribution in [0.5, 0.6) is 17.2 Å². The predicted molar refractivity (Wildman–Crippen MR) is 102 cm³/mol. The first-order valence-electron chi connectivity index (χ1n) is 8.29. The summed E-state index contributed by atoms with van der Waals surface area (Å²) in [6, 6.07) is 12.6. The number of amides is 1. The maximum absolute atomic E-state index is 12.1. The Morgan fingerprint density at radius 2 is 1.92 bits per heavy atom. The molecule has 0 heterocycles. The molecule has 0 saturated carbocycles. The molecule has 0 spiro atoms. The van der Waals surface area contributed by atoms with Gasteiger partial charge in [0.2, 0.25) is 0 Å². The van der Waals surface area contributed by atoms with Crippen molar-refractivity contribution in [3.05, 3.63) is 60.7 Å². The summed E-state index contributed by atoms with van der Waals surface area (Å²) in [7, 11) is 1.56. The quantitative estimate of drug-likeness (QED) is 0.640. The molecule has 1 amide bonds. The van der Waals surface area contributed by atoms with Gasteiger partial charge in [-0.3, -0.25) is 4.79 Å². The van der Waals surface area contributed by atoms with Crippen molar-refractivity contribution in [2.75, 3.05) is 32.2 Å². The monoisotopic (exact) mass is 356 g/mol. The largest absolute Gasteiger partial charge is 0.493 e. The average Bonchev–Trinajstić information content (AvgIpc) is 2.66. The molecule has 0 fully saturated rings. The van der Waals surface area contributed by atoms with Crippen LogP contribution < -0.4 is 25.3 Å². The molecule has 0 radical (unpaired) electrons. The Kier molecular flexibility index (Phi) is 7.51. The van der Waals surface area contributed by atoms with Crippen molar-refractivity contribution in [3.63, 3.8) is 0 Å². The summed E-state index contributed by atoms with van der Waals surface area (Å²) in [6.07, 6.45) is 2.55. The van der Waals surface area contributed by atoms with Gasteiger partial charge in [0.1, 0.15) is 12.4 Å². The number of nitrogens with two attached hydrogens (primary N) is 1. The van der Waals surface area contributed by atoms with Crippen LogP contribution in [0.25, 0.3) is 0 Å². The van der Waals surface area contributed by atoms with Crippen LogP contribution in [-0.4, -0.2) is 32.8 Å². The van der Waals surface area contributed by atoms with E-state index in [4.69, 9.17) is 19.9 Å². The zero-order valence-electron chi connectivity index (χ0n) is 14.9. The van der Waals surface area contributed by atoms with Gasteiger partial charge in [0, 0.05) is 12.2 Å². The standard InChI is InChI=1S/C20H24N2O4/c1-3-4-15-5-10-18(19(13-15)24-2)26-14-20(23)22-16-6-8-17(9-7-16)25-12-11-21/h3,5-10,13H,1,4,11-12,14,21H2,2H3,(H,22,23). The van der Waals surface area contributed by atoms with Crippen molar-refractivity contribution in [2.24, 2.45) is 5.73 Å². The highest BCUT2D eigenvalue weighted by atomic mass is 16.5. The third-order valence-electron chi connectivity index (χ3n) is 3.49. The Morgan fingerprint density at radius 1 is 1.15 bits per heavy atom. The SMILES string of the molecule is C=CCc1ccc(OCC(=O)Nc2ccc(OCCN)cc2)c(OC)c1. The van der Waals surface area contributed by atoms with Gasteiger partial charge >= 0.3 is 0 Å². The molecular formula is C20H24N2O4. The lowest BCUT2D eigenvalue weighted by molar-refractivity contribution is -0.118. The van der Waals surface area contributed by atoms with Crippen molar-refractivity contribution in [3.8, 4) is 17.2 Å². The molecule has 0 aliphatic heterocycles. The van der Waals surface area contributed by atoms with Crippen LogP contribution in [-0.2, 0) is 11.2 Å². The fraction of sp³-hybridized carbons (Fsp3) is 0.250. The lowest BCUT2D eigenvalue weighted by Crippen LogP contribution is -2.20. The lowest BCUT2D eigenvalue weighted by Gasteiger charge is -2.12. The summed E-state index contributed by atoms with van der Waals surface area (Å²) in [5, 5.41) is 2.77. The van der Waals surface area contributed by atoms with Crippen LogP contribution in [0.2, 0.25) is 0 Å². The summed E-state index contributed by atoms with van der Waals surface area (Å²) >= 11 is 0. The van der Waals surface area contributed by atoms with E-state index in [0.29, 0.717) is 36.1 Å². The Labute approximate surface area is 153 Å². The van der Waals surface area contributed by atoms with Gasteiger partial charge in [0.05, 0.1) is 7.11 Å². The molecular weight excluding hydrogens is 332 g/mol. The third-order valence-corrected chi connectivity index (χ3v) is 3.49. The summed E-state index contributed by atoms with van der Waals surface area (Å²) in [5.41, 5.74) is 7.11. The van der Waals surface area contributed by atoms with Crippen molar-refractivity contribution < 1.29 is 19.0 Å². The molecule has 6 heteroatoms. The number of benzene rings is 2. The van der Waals surface area contributed by atoms with Gasteiger partial charge in [0.25, 0.3) is 5.91 Å². The summed E-state index contributed by atoms with van der Waals surface area (Å²) in [6.45, 7) is 4.50. The van der Waals surface area contributed by atoms with E-state index in [0.717, 1.165) is 12.0 Å². The van der Waals surface area contributed by atoms with E-state index in [2.05, 4.69) is 11.9 Å². The zero-order chi connectivity index (χ0) is 18.8. The van der Waals surface area contributed by atoms with Crippen molar-refractivity contribution in [1.29, 1.82) is 0 Å². The van der Waals surface area contributed by atoms with Crippen molar-refractivity contribution in [1.82, 2.24) is 0 Å². The Balaban J connectivity index is 1.89. The molecule has 2 rings (SSSR count). The van der Waals surface area contributed by atoms with Crippen LogP contribution in [0.3, 0.4) is 0 Å². The van der Waals surface area contributed by atoms with Crippen molar-refractivity contribution in [2.45, 2.75) is 6.42 Å². The van der Waals surface area contributed by atoms with Gasteiger partial charge in [-0.05, 0) is 48.4 Å². The van der Waals surface area contributed by atoms with E-state index in [1.807, 2.05) is 18.2 Å². The highest BCUT2D eigenvalue weighted by Crippen LogP contribution is 2.28. The maximum Gasteiger partial charge on any atom is 0.262 e. The van der Waals surface area contributed by atoms with E-state index in [9.17, 15) is 4.79 Å². The topological polar surface area (TPSA) is 82.8 Å². The molecule has 0 aromatic heterocycles. The Hall–Kier alpha value is -2.99. The molecule has 0 saturated heterocycles. The van der Waals surface area contributed by atoms with Gasteiger partial charge in [-0.15, -0.1) is 6.58 Å². The smallest absolute Gasteiger partial charge is 0.262 e. The number of hydrogen-bond acceptors (Lipinski definition) is 5. The van der Waals surface area contributed by atoms with Gasteiger partial charge in [-0.2, -0.15) is 0 Å². The number of methoxy groups -OCH3 is 1. The van der Waals surface area contributed by atoms with E-state index in [1.54, 1.807) is 37.4 Å². The number of carbonyl (C=O) groups excluding carboxylic acids is 1. The molecule has 0 atom stereocenters. The number of carbonyl (C=O) groups is 1. The fourth-order valence-corrected chi connectivity index (χ4v) is 2.28. The number of hydrogen-bond donors (Lipinski definition) is 2. The van der Waals surface area contributed by atoms with Crippen LogP contribution in [0, 0.1) is 0 Å². The van der Waals surface area contributed by atoms with Crippen LogP contribution in [0.1, 0.15) is 5.56 Å². The lowest BCUT2D eigenvalue weighted by atomic mass is 10.1. The van der Waals surface area contributed by atoms with E-state index in [-0.39, 0.29) is 12.5 Å². The molecule has 2 aromatic rings.